The van der Waals surface area contributed by atoms with E-state index < -0.39 is 0 Å². The van der Waals surface area contributed by atoms with E-state index in [4.69, 9.17) is 10.2 Å². The monoisotopic (exact) mass is 208 g/mol. The topological polar surface area (TPSA) is 52.0 Å². The van der Waals surface area contributed by atoms with Crippen molar-refractivity contribution >= 4 is 11.3 Å². The number of aromatic nitrogens is 1. The van der Waals surface area contributed by atoms with Crippen LogP contribution in [-0.4, -0.2) is 11.5 Å². The lowest BCUT2D eigenvalue weighted by Crippen LogP contribution is -2.02. The molecule has 0 bridgehead atoms. The molecule has 0 aliphatic carbocycles. The number of hydrogen-bond donors (Lipinski definition) is 1. The first kappa shape index (κ1) is 9.43. The first-order valence-corrected chi connectivity index (χ1v) is 5.39. The minimum absolute atomic E-state index is 0.573. The Bertz CT molecular complexity index is 406. The summed E-state index contributed by atoms with van der Waals surface area (Å²) in [6.07, 6.45) is 0.701. The number of aryl methyl sites for hydroxylation is 1. The summed E-state index contributed by atoms with van der Waals surface area (Å²) in [7, 11) is 0. The predicted molar refractivity (Wildman–Crippen MR) is 57.3 cm³/mol. The van der Waals surface area contributed by atoms with Gasteiger partial charge < -0.3 is 10.2 Å². The van der Waals surface area contributed by atoms with E-state index in [0.717, 1.165) is 22.2 Å². The lowest BCUT2D eigenvalue weighted by molar-refractivity contribution is 0.473. The zero-order chi connectivity index (χ0) is 9.97. The van der Waals surface area contributed by atoms with E-state index in [1.165, 1.54) is 0 Å². The highest BCUT2D eigenvalue weighted by molar-refractivity contribution is 7.13. The van der Waals surface area contributed by atoms with Crippen molar-refractivity contribution in [2.45, 2.75) is 13.3 Å². The van der Waals surface area contributed by atoms with Gasteiger partial charge in [0, 0.05) is 13.0 Å². The molecular formula is C10H12N2OS. The van der Waals surface area contributed by atoms with Gasteiger partial charge in [-0.05, 0) is 18.4 Å². The van der Waals surface area contributed by atoms with E-state index in [1.54, 1.807) is 11.3 Å². The van der Waals surface area contributed by atoms with Crippen molar-refractivity contribution in [3.63, 3.8) is 0 Å². The first-order valence-electron chi connectivity index (χ1n) is 4.51. The molecule has 0 saturated carbocycles. The molecule has 0 saturated heterocycles. The van der Waals surface area contributed by atoms with Gasteiger partial charge >= 0.3 is 0 Å². The summed E-state index contributed by atoms with van der Waals surface area (Å²) in [5, 5.41) is 2.03. The number of oxazole rings is 1. The van der Waals surface area contributed by atoms with Crippen LogP contribution in [0.3, 0.4) is 0 Å². The number of hydrogen-bond acceptors (Lipinski definition) is 4. The molecule has 0 aliphatic rings. The van der Waals surface area contributed by atoms with Crippen molar-refractivity contribution in [1.29, 1.82) is 0 Å². The molecule has 0 spiro atoms. The van der Waals surface area contributed by atoms with Crippen LogP contribution in [0.15, 0.2) is 21.9 Å². The summed E-state index contributed by atoms with van der Waals surface area (Å²) in [5.41, 5.74) is 6.39. The zero-order valence-electron chi connectivity index (χ0n) is 7.99. The Hall–Kier alpha value is -1.13. The van der Waals surface area contributed by atoms with Crippen LogP contribution >= 0.6 is 11.3 Å². The fraction of sp³-hybridized carbons (Fsp3) is 0.300. The van der Waals surface area contributed by atoms with Gasteiger partial charge in [-0.3, -0.25) is 0 Å². The Balaban J connectivity index is 2.35. The lowest BCUT2D eigenvalue weighted by atomic mass is 10.3. The maximum Gasteiger partial charge on any atom is 0.196 e. The third-order valence-electron chi connectivity index (χ3n) is 1.95. The molecule has 0 radical (unpaired) electrons. The van der Waals surface area contributed by atoms with Crippen LogP contribution in [0.5, 0.6) is 0 Å². The minimum atomic E-state index is 0.573. The van der Waals surface area contributed by atoms with E-state index in [0.29, 0.717) is 13.0 Å². The summed E-state index contributed by atoms with van der Waals surface area (Å²) in [6.45, 7) is 2.51. The summed E-state index contributed by atoms with van der Waals surface area (Å²) < 4.78 is 5.49. The predicted octanol–water partition coefficient (Wildman–Crippen LogP) is 2.21. The molecule has 0 unspecified atom stereocenters. The molecule has 0 atom stereocenters. The first-order chi connectivity index (χ1) is 6.81. The fourth-order valence-corrected chi connectivity index (χ4v) is 2.09. The standard InChI is InChI=1S/C10H12N2OS/c1-7-10(8-3-2-6-14-8)12-9(13-7)4-5-11/h2-3,6H,4-5,11H2,1H3. The number of nitrogens with two attached hydrogens (primary N) is 1. The van der Waals surface area contributed by atoms with E-state index in [2.05, 4.69) is 4.98 Å². The third-order valence-corrected chi connectivity index (χ3v) is 2.83. The number of thiophene rings is 1. The van der Waals surface area contributed by atoms with Crippen LogP contribution in [0.2, 0.25) is 0 Å². The molecule has 74 valence electrons. The molecule has 2 aromatic heterocycles. The van der Waals surface area contributed by atoms with Gasteiger partial charge in [-0.1, -0.05) is 6.07 Å². The zero-order valence-corrected chi connectivity index (χ0v) is 8.80. The van der Waals surface area contributed by atoms with Gasteiger partial charge in [0.1, 0.15) is 11.5 Å². The molecule has 14 heavy (non-hydrogen) atoms. The van der Waals surface area contributed by atoms with Gasteiger partial charge in [0.2, 0.25) is 0 Å². The van der Waals surface area contributed by atoms with E-state index >= 15 is 0 Å². The molecule has 0 aliphatic heterocycles. The molecule has 3 nitrogen and oxygen atoms in total. The van der Waals surface area contributed by atoms with Crippen molar-refractivity contribution in [3.8, 4) is 10.6 Å². The normalized spacial score (nSPS) is 10.7. The van der Waals surface area contributed by atoms with Crippen LogP contribution in [0, 0.1) is 6.92 Å². The van der Waals surface area contributed by atoms with Gasteiger partial charge in [-0.15, -0.1) is 11.3 Å². The Morgan fingerprint density at radius 1 is 1.57 bits per heavy atom. The van der Waals surface area contributed by atoms with Crippen LogP contribution < -0.4 is 5.73 Å². The highest BCUT2D eigenvalue weighted by Gasteiger charge is 2.11. The van der Waals surface area contributed by atoms with Crippen LogP contribution in [-0.2, 0) is 6.42 Å². The Morgan fingerprint density at radius 2 is 2.43 bits per heavy atom. The molecular weight excluding hydrogens is 196 g/mol. The fourth-order valence-electron chi connectivity index (χ4n) is 1.32. The van der Waals surface area contributed by atoms with E-state index in [9.17, 15) is 0 Å². The van der Waals surface area contributed by atoms with Crippen molar-refractivity contribution in [2.24, 2.45) is 5.73 Å². The van der Waals surface area contributed by atoms with Gasteiger partial charge in [0.05, 0.1) is 4.88 Å². The SMILES string of the molecule is Cc1oc(CCN)nc1-c1cccs1. The molecule has 0 fully saturated rings. The quantitative estimate of drug-likeness (QED) is 0.841. The summed E-state index contributed by atoms with van der Waals surface area (Å²) in [6, 6.07) is 4.05. The summed E-state index contributed by atoms with van der Waals surface area (Å²) in [5.74, 6) is 1.60. The molecule has 0 aromatic carbocycles. The smallest absolute Gasteiger partial charge is 0.196 e. The van der Waals surface area contributed by atoms with Crippen molar-refractivity contribution in [2.75, 3.05) is 6.54 Å². The highest BCUT2D eigenvalue weighted by atomic mass is 32.1. The highest BCUT2D eigenvalue weighted by Crippen LogP contribution is 2.27. The second kappa shape index (κ2) is 3.94. The molecule has 2 heterocycles. The average Bonchev–Trinajstić information content (AvgIpc) is 2.74. The number of rotatable bonds is 3. The Kier molecular flexibility index (Phi) is 2.65. The van der Waals surface area contributed by atoms with Crippen molar-refractivity contribution in [1.82, 2.24) is 4.98 Å². The van der Waals surface area contributed by atoms with Crippen LogP contribution in [0.25, 0.3) is 10.6 Å². The van der Waals surface area contributed by atoms with Crippen LogP contribution in [0.1, 0.15) is 11.7 Å². The van der Waals surface area contributed by atoms with E-state index in [-0.39, 0.29) is 0 Å². The Labute approximate surface area is 86.6 Å². The molecule has 2 rings (SSSR count). The Morgan fingerprint density at radius 3 is 3.07 bits per heavy atom. The third kappa shape index (κ3) is 1.71. The molecule has 0 amide bonds. The molecule has 2 N–H and O–H groups in total. The second-order valence-corrected chi connectivity index (χ2v) is 3.98. The molecule has 4 heteroatoms. The van der Waals surface area contributed by atoms with Gasteiger partial charge in [-0.2, -0.15) is 0 Å². The van der Waals surface area contributed by atoms with Gasteiger partial charge in [0.25, 0.3) is 0 Å². The lowest BCUT2D eigenvalue weighted by Gasteiger charge is -1.88. The van der Waals surface area contributed by atoms with Crippen LogP contribution in [0.4, 0.5) is 0 Å². The van der Waals surface area contributed by atoms with Crippen molar-refractivity contribution in [3.05, 3.63) is 29.2 Å². The second-order valence-electron chi connectivity index (χ2n) is 3.03. The number of nitrogens with zero attached hydrogens (tertiary/aromatic N) is 1. The average molecular weight is 208 g/mol. The van der Waals surface area contributed by atoms with Gasteiger partial charge in [-0.25, -0.2) is 4.98 Å². The summed E-state index contributed by atoms with van der Waals surface area (Å²) >= 11 is 1.67. The largest absolute Gasteiger partial charge is 0.445 e. The minimum Gasteiger partial charge on any atom is -0.445 e. The van der Waals surface area contributed by atoms with E-state index in [1.807, 2.05) is 24.4 Å². The van der Waals surface area contributed by atoms with Gasteiger partial charge in [0.15, 0.2) is 5.89 Å². The van der Waals surface area contributed by atoms with Crippen molar-refractivity contribution < 1.29 is 4.42 Å². The maximum atomic E-state index is 5.49. The summed E-state index contributed by atoms with van der Waals surface area (Å²) in [4.78, 5) is 5.55. The molecule has 2 aromatic rings. The maximum absolute atomic E-state index is 5.49.